The Labute approximate surface area is 129 Å². The Morgan fingerprint density at radius 1 is 1.47 bits per heavy atom. The van der Waals surface area contributed by atoms with Gasteiger partial charge in [-0.1, -0.05) is 41.7 Å². The van der Waals surface area contributed by atoms with Gasteiger partial charge < -0.3 is 10.1 Å². The van der Waals surface area contributed by atoms with Crippen LogP contribution in [-0.4, -0.2) is 13.2 Å². The van der Waals surface area contributed by atoms with Crippen molar-refractivity contribution in [2.75, 3.05) is 13.2 Å². The lowest BCUT2D eigenvalue weighted by molar-refractivity contribution is 0.350. The first-order valence-corrected chi connectivity index (χ1v) is 7.38. The van der Waals surface area contributed by atoms with E-state index in [1.54, 1.807) is 6.07 Å². The van der Waals surface area contributed by atoms with E-state index in [0.29, 0.717) is 10.1 Å². The van der Waals surface area contributed by atoms with Gasteiger partial charge in [-0.05, 0) is 38.1 Å². The molecular formula is C14H18Cl3NO. The standard InChI is InChI=1S/C14H18Cl3NO/c1-3-6-18-10(2)13-7-11(16)4-5-14(13)19-9-12(17)8-15/h4-5,7-8,10,18H,3,6,9H2,1-2H3. The van der Waals surface area contributed by atoms with Crippen LogP contribution in [0.3, 0.4) is 0 Å². The maximum atomic E-state index is 6.04. The number of ether oxygens (including phenoxy) is 1. The second kappa shape index (κ2) is 8.70. The summed E-state index contributed by atoms with van der Waals surface area (Å²) in [6, 6.07) is 5.71. The van der Waals surface area contributed by atoms with Crippen molar-refractivity contribution in [3.63, 3.8) is 0 Å². The summed E-state index contributed by atoms with van der Waals surface area (Å²) in [5.74, 6) is 0.761. The molecule has 1 atom stereocenters. The van der Waals surface area contributed by atoms with Crippen LogP contribution in [0.25, 0.3) is 0 Å². The molecule has 0 spiro atoms. The Bertz CT molecular complexity index is 435. The molecule has 106 valence electrons. The van der Waals surface area contributed by atoms with Crippen LogP contribution in [0.2, 0.25) is 5.02 Å². The highest BCUT2D eigenvalue weighted by Crippen LogP contribution is 2.29. The summed E-state index contributed by atoms with van der Waals surface area (Å²) in [4.78, 5) is 0. The minimum atomic E-state index is 0.160. The summed E-state index contributed by atoms with van der Waals surface area (Å²) in [5.41, 5.74) is 2.32. The molecule has 0 amide bonds. The minimum Gasteiger partial charge on any atom is -0.488 e. The van der Waals surface area contributed by atoms with E-state index in [4.69, 9.17) is 39.5 Å². The third kappa shape index (κ3) is 5.62. The van der Waals surface area contributed by atoms with Crippen molar-refractivity contribution in [3.05, 3.63) is 39.4 Å². The molecule has 1 unspecified atom stereocenters. The third-order valence-corrected chi connectivity index (χ3v) is 3.45. The van der Waals surface area contributed by atoms with Crippen molar-refractivity contribution in [2.45, 2.75) is 26.3 Å². The van der Waals surface area contributed by atoms with E-state index in [9.17, 15) is 0 Å². The maximum Gasteiger partial charge on any atom is 0.125 e. The number of hydrogen-bond donors (Lipinski definition) is 1. The van der Waals surface area contributed by atoms with Crippen molar-refractivity contribution in [1.82, 2.24) is 5.32 Å². The summed E-state index contributed by atoms with van der Waals surface area (Å²) in [6.07, 6.45) is 1.07. The quantitative estimate of drug-likeness (QED) is 0.754. The zero-order valence-corrected chi connectivity index (χ0v) is 13.3. The maximum absolute atomic E-state index is 6.04. The average molecular weight is 323 g/mol. The van der Waals surface area contributed by atoms with Crippen molar-refractivity contribution >= 4 is 34.8 Å². The Balaban J connectivity index is 2.84. The molecule has 0 fully saturated rings. The van der Waals surface area contributed by atoms with Crippen LogP contribution in [0, 0.1) is 0 Å². The van der Waals surface area contributed by atoms with E-state index in [1.807, 2.05) is 12.1 Å². The van der Waals surface area contributed by atoms with Gasteiger partial charge in [0, 0.05) is 22.2 Å². The second-order valence-corrected chi connectivity index (χ2v) is 5.34. The van der Waals surface area contributed by atoms with Crippen molar-refractivity contribution in [2.24, 2.45) is 0 Å². The van der Waals surface area contributed by atoms with Crippen molar-refractivity contribution in [1.29, 1.82) is 0 Å². The smallest absolute Gasteiger partial charge is 0.125 e. The second-order valence-electron chi connectivity index (χ2n) is 4.20. The zero-order valence-electron chi connectivity index (χ0n) is 11.1. The molecule has 1 aromatic rings. The first-order valence-electron chi connectivity index (χ1n) is 6.18. The molecule has 19 heavy (non-hydrogen) atoms. The largest absolute Gasteiger partial charge is 0.488 e. The molecule has 1 N–H and O–H groups in total. The highest BCUT2D eigenvalue weighted by molar-refractivity contribution is 6.36. The molecule has 0 saturated heterocycles. The van der Waals surface area contributed by atoms with Crippen molar-refractivity contribution < 1.29 is 4.74 Å². The van der Waals surface area contributed by atoms with E-state index in [2.05, 4.69) is 19.2 Å². The molecule has 0 saturated carbocycles. The topological polar surface area (TPSA) is 21.3 Å². The van der Waals surface area contributed by atoms with Gasteiger partial charge in [0.1, 0.15) is 12.4 Å². The molecular weight excluding hydrogens is 305 g/mol. The van der Waals surface area contributed by atoms with Crippen LogP contribution < -0.4 is 10.1 Å². The average Bonchev–Trinajstić information content (AvgIpc) is 2.42. The lowest BCUT2D eigenvalue weighted by atomic mass is 10.1. The predicted molar refractivity (Wildman–Crippen MR) is 83.4 cm³/mol. The Hall–Kier alpha value is -0.410. The van der Waals surface area contributed by atoms with E-state index < -0.39 is 0 Å². The van der Waals surface area contributed by atoms with Crippen LogP contribution in [-0.2, 0) is 0 Å². The van der Waals surface area contributed by atoms with Crippen LogP contribution in [0.4, 0.5) is 0 Å². The first-order chi connectivity index (χ1) is 9.08. The Morgan fingerprint density at radius 3 is 2.84 bits per heavy atom. The molecule has 0 aliphatic carbocycles. The van der Waals surface area contributed by atoms with E-state index in [-0.39, 0.29) is 12.6 Å². The zero-order chi connectivity index (χ0) is 14.3. The third-order valence-electron chi connectivity index (χ3n) is 2.62. The van der Waals surface area contributed by atoms with Gasteiger partial charge in [0.15, 0.2) is 0 Å². The van der Waals surface area contributed by atoms with E-state index >= 15 is 0 Å². The molecule has 0 aliphatic rings. The summed E-state index contributed by atoms with van der Waals surface area (Å²) in [6.45, 7) is 5.39. The number of hydrogen-bond acceptors (Lipinski definition) is 2. The van der Waals surface area contributed by atoms with Crippen LogP contribution >= 0.6 is 34.8 Å². The highest BCUT2D eigenvalue weighted by Gasteiger charge is 2.12. The van der Waals surface area contributed by atoms with Gasteiger partial charge in [-0.15, -0.1) is 0 Å². The van der Waals surface area contributed by atoms with Gasteiger partial charge in [-0.2, -0.15) is 0 Å². The van der Waals surface area contributed by atoms with Crippen LogP contribution in [0.5, 0.6) is 5.75 Å². The van der Waals surface area contributed by atoms with Gasteiger partial charge in [-0.25, -0.2) is 0 Å². The molecule has 5 heteroatoms. The fourth-order valence-electron chi connectivity index (χ4n) is 1.64. The lowest BCUT2D eigenvalue weighted by Crippen LogP contribution is -2.20. The monoisotopic (exact) mass is 321 g/mol. The van der Waals surface area contributed by atoms with Crippen molar-refractivity contribution in [3.8, 4) is 5.75 Å². The SMILES string of the molecule is CCCNC(C)c1cc(Cl)ccc1OCC(Cl)=CCl. The van der Waals surface area contributed by atoms with Gasteiger partial charge >= 0.3 is 0 Å². The Kier molecular flexibility index (Phi) is 7.62. The molecule has 0 radical (unpaired) electrons. The van der Waals surface area contributed by atoms with E-state index in [0.717, 1.165) is 24.3 Å². The van der Waals surface area contributed by atoms with Gasteiger partial charge in [0.05, 0.1) is 5.03 Å². The summed E-state index contributed by atoms with van der Waals surface area (Å²) in [7, 11) is 0. The molecule has 0 aliphatic heterocycles. The number of halogens is 3. The summed E-state index contributed by atoms with van der Waals surface area (Å²) in [5, 5.41) is 4.55. The van der Waals surface area contributed by atoms with E-state index in [1.165, 1.54) is 5.54 Å². The first kappa shape index (κ1) is 16.6. The van der Waals surface area contributed by atoms with Gasteiger partial charge in [0.2, 0.25) is 0 Å². The normalized spacial score (nSPS) is 13.4. The molecule has 1 aromatic carbocycles. The summed E-state index contributed by atoms with van der Waals surface area (Å²) < 4.78 is 5.66. The number of rotatable bonds is 7. The Morgan fingerprint density at radius 2 is 2.21 bits per heavy atom. The molecule has 0 bridgehead atoms. The highest BCUT2D eigenvalue weighted by atomic mass is 35.5. The van der Waals surface area contributed by atoms with Gasteiger partial charge in [0.25, 0.3) is 0 Å². The fourth-order valence-corrected chi connectivity index (χ4v) is 1.94. The molecule has 1 rings (SSSR count). The van der Waals surface area contributed by atoms with Crippen LogP contribution in [0.15, 0.2) is 28.8 Å². The predicted octanol–water partition coefficient (Wildman–Crippen LogP) is 5.10. The lowest BCUT2D eigenvalue weighted by Gasteiger charge is -2.18. The van der Waals surface area contributed by atoms with Crippen LogP contribution in [0.1, 0.15) is 31.9 Å². The molecule has 2 nitrogen and oxygen atoms in total. The fraction of sp³-hybridized carbons (Fsp3) is 0.429. The van der Waals surface area contributed by atoms with Gasteiger partial charge in [-0.3, -0.25) is 0 Å². The summed E-state index contributed by atoms with van der Waals surface area (Å²) >= 11 is 17.4. The number of benzene rings is 1. The molecule has 0 heterocycles. The minimum absolute atomic E-state index is 0.160. The molecule has 0 aromatic heterocycles. The number of nitrogens with one attached hydrogen (secondary N) is 1.